The van der Waals surface area contributed by atoms with E-state index in [1.54, 1.807) is 37.5 Å². The minimum absolute atomic E-state index is 0.260. The molecule has 7 nitrogen and oxygen atoms in total. The van der Waals surface area contributed by atoms with Gasteiger partial charge in [-0.05, 0) is 42.8 Å². The van der Waals surface area contributed by atoms with Crippen molar-refractivity contribution in [2.45, 2.75) is 20.0 Å². The Labute approximate surface area is 137 Å². The van der Waals surface area contributed by atoms with Crippen LogP contribution in [0.4, 0.5) is 0 Å². The summed E-state index contributed by atoms with van der Waals surface area (Å²) in [6.07, 6.45) is 3.32. The van der Waals surface area contributed by atoms with E-state index >= 15 is 0 Å². The molecule has 0 bridgehead atoms. The summed E-state index contributed by atoms with van der Waals surface area (Å²) in [7, 11) is 0. The van der Waals surface area contributed by atoms with Crippen molar-refractivity contribution in [3.8, 4) is 0 Å². The van der Waals surface area contributed by atoms with E-state index in [-0.39, 0.29) is 5.91 Å². The van der Waals surface area contributed by atoms with Crippen molar-refractivity contribution in [2.75, 3.05) is 0 Å². The number of pyridine rings is 1. The lowest BCUT2D eigenvalue weighted by Gasteiger charge is -2.09. The van der Waals surface area contributed by atoms with Crippen LogP contribution in [0, 0.1) is 0 Å². The van der Waals surface area contributed by atoms with Crippen molar-refractivity contribution in [1.29, 1.82) is 0 Å². The molecule has 0 saturated heterocycles. The molecule has 0 unspecified atom stereocenters. The van der Waals surface area contributed by atoms with Crippen molar-refractivity contribution < 1.29 is 4.79 Å². The van der Waals surface area contributed by atoms with E-state index in [1.807, 2.05) is 12.1 Å². The van der Waals surface area contributed by atoms with Crippen LogP contribution in [0.2, 0.25) is 0 Å². The van der Waals surface area contributed by atoms with Crippen LogP contribution in [0.5, 0.6) is 0 Å². The summed E-state index contributed by atoms with van der Waals surface area (Å²) in [5.74, 6) is -0.260. The molecule has 0 aliphatic carbocycles. The smallest absolute Gasteiger partial charge is 0.316 e. The third-order valence-corrected chi connectivity index (χ3v) is 3.76. The van der Waals surface area contributed by atoms with Gasteiger partial charge < -0.3 is 14.9 Å². The average Bonchev–Trinajstić information content (AvgIpc) is 2.61. The second-order valence-electron chi connectivity index (χ2n) is 5.27. The fourth-order valence-electron chi connectivity index (χ4n) is 2.52. The number of rotatable bonds is 4. The van der Waals surface area contributed by atoms with E-state index in [0.29, 0.717) is 29.7 Å². The Bertz CT molecular complexity index is 1010. The molecule has 24 heavy (non-hydrogen) atoms. The maximum absolute atomic E-state index is 12.3. The third kappa shape index (κ3) is 2.96. The number of H-pyrrole nitrogens is 1. The number of hydrogen-bond donors (Lipinski definition) is 2. The average molecular weight is 324 g/mol. The second-order valence-corrected chi connectivity index (χ2v) is 5.27. The number of carbonyl (C=O) groups is 1. The lowest BCUT2D eigenvalue weighted by molar-refractivity contribution is 0.0951. The molecule has 7 heteroatoms. The third-order valence-electron chi connectivity index (χ3n) is 3.76. The van der Waals surface area contributed by atoms with Gasteiger partial charge in [0.15, 0.2) is 0 Å². The molecule has 0 aliphatic rings. The van der Waals surface area contributed by atoms with Gasteiger partial charge in [-0.3, -0.25) is 19.4 Å². The van der Waals surface area contributed by atoms with Crippen LogP contribution in [-0.2, 0) is 13.1 Å². The highest BCUT2D eigenvalue weighted by Gasteiger charge is 2.10. The number of aromatic amines is 1. The van der Waals surface area contributed by atoms with E-state index in [2.05, 4.69) is 15.3 Å². The molecule has 2 aromatic heterocycles. The van der Waals surface area contributed by atoms with E-state index in [1.165, 1.54) is 4.57 Å². The lowest BCUT2D eigenvalue weighted by Crippen LogP contribution is -2.36. The summed E-state index contributed by atoms with van der Waals surface area (Å²) in [4.78, 5) is 42.3. The predicted octanol–water partition coefficient (Wildman–Crippen LogP) is 1.03. The molecule has 0 atom stereocenters. The highest BCUT2D eigenvalue weighted by molar-refractivity contribution is 5.97. The van der Waals surface area contributed by atoms with Gasteiger partial charge in [-0.15, -0.1) is 0 Å². The fraction of sp³-hybridized carbons (Fsp3) is 0.176. The van der Waals surface area contributed by atoms with E-state index in [4.69, 9.17) is 0 Å². The van der Waals surface area contributed by atoms with Crippen LogP contribution in [-0.4, -0.2) is 20.4 Å². The van der Waals surface area contributed by atoms with Crippen molar-refractivity contribution >= 4 is 16.9 Å². The molecule has 122 valence electrons. The van der Waals surface area contributed by atoms with Crippen LogP contribution in [0.25, 0.3) is 11.0 Å². The molecule has 1 aromatic carbocycles. The zero-order valence-electron chi connectivity index (χ0n) is 13.1. The summed E-state index contributed by atoms with van der Waals surface area (Å²) in [6, 6.07) is 8.51. The van der Waals surface area contributed by atoms with E-state index < -0.39 is 11.1 Å². The molecule has 0 radical (unpaired) electrons. The van der Waals surface area contributed by atoms with Crippen LogP contribution in [0.15, 0.2) is 52.3 Å². The van der Waals surface area contributed by atoms with Crippen LogP contribution >= 0.6 is 0 Å². The van der Waals surface area contributed by atoms with Crippen LogP contribution in [0.1, 0.15) is 22.8 Å². The Morgan fingerprint density at radius 3 is 2.67 bits per heavy atom. The highest BCUT2D eigenvalue weighted by Crippen LogP contribution is 2.12. The fourth-order valence-corrected chi connectivity index (χ4v) is 2.52. The zero-order chi connectivity index (χ0) is 17.1. The maximum Gasteiger partial charge on any atom is 0.316 e. The monoisotopic (exact) mass is 324 g/mol. The Kier molecular flexibility index (Phi) is 4.24. The van der Waals surface area contributed by atoms with Gasteiger partial charge in [0, 0.05) is 31.0 Å². The predicted molar refractivity (Wildman–Crippen MR) is 89.9 cm³/mol. The summed E-state index contributed by atoms with van der Waals surface area (Å²) in [5.41, 5.74) is 1.10. The summed E-state index contributed by atoms with van der Waals surface area (Å²) in [5, 5.41) is 2.81. The van der Waals surface area contributed by atoms with Gasteiger partial charge in [0.25, 0.3) is 5.91 Å². The number of aromatic nitrogens is 3. The van der Waals surface area contributed by atoms with Crippen LogP contribution in [0.3, 0.4) is 0 Å². The van der Waals surface area contributed by atoms with Gasteiger partial charge in [0.2, 0.25) is 0 Å². The highest BCUT2D eigenvalue weighted by atomic mass is 16.2. The molecule has 2 heterocycles. The first-order chi connectivity index (χ1) is 11.6. The second kappa shape index (κ2) is 6.49. The number of amides is 1. The van der Waals surface area contributed by atoms with E-state index in [0.717, 1.165) is 5.56 Å². The minimum Gasteiger partial charge on any atom is -0.348 e. The first kappa shape index (κ1) is 15.7. The number of hydrogen-bond acceptors (Lipinski definition) is 4. The number of nitrogens with zero attached hydrogens (tertiary/aromatic N) is 2. The van der Waals surface area contributed by atoms with Gasteiger partial charge in [0.1, 0.15) is 0 Å². The van der Waals surface area contributed by atoms with Gasteiger partial charge >= 0.3 is 11.1 Å². The van der Waals surface area contributed by atoms with Crippen molar-refractivity contribution in [3.05, 3.63) is 74.6 Å². The largest absolute Gasteiger partial charge is 0.348 e. The number of aryl methyl sites for hydroxylation is 1. The quantitative estimate of drug-likeness (QED) is 0.701. The first-order valence-electron chi connectivity index (χ1n) is 7.54. The molecular weight excluding hydrogens is 308 g/mol. The molecule has 0 aliphatic heterocycles. The number of fused-ring (bicyclic) bond motifs is 1. The van der Waals surface area contributed by atoms with Gasteiger partial charge in [0.05, 0.1) is 11.0 Å². The standard InChI is InChI=1S/C17H16N4O3/c1-2-21-14-4-3-12(9-13(14)20-16(23)17(21)24)15(22)19-10-11-5-7-18-8-6-11/h3-9H,2,10H2,1H3,(H,19,22)(H,20,23). The number of nitrogens with one attached hydrogen (secondary N) is 2. The summed E-state index contributed by atoms with van der Waals surface area (Å²) >= 11 is 0. The Morgan fingerprint density at radius 1 is 1.21 bits per heavy atom. The molecule has 0 spiro atoms. The molecule has 2 N–H and O–H groups in total. The Balaban J connectivity index is 1.90. The van der Waals surface area contributed by atoms with Crippen LogP contribution < -0.4 is 16.4 Å². The van der Waals surface area contributed by atoms with E-state index in [9.17, 15) is 14.4 Å². The van der Waals surface area contributed by atoms with Crippen molar-refractivity contribution in [1.82, 2.24) is 19.9 Å². The van der Waals surface area contributed by atoms with Gasteiger partial charge in [-0.2, -0.15) is 0 Å². The summed E-state index contributed by atoms with van der Waals surface area (Å²) in [6.45, 7) is 2.55. The molecule has 1 amide bonds. The lowest BCUT2D eigenvalue weighted by atomic mass is 10.1. The molecule has 3 aromatic rings. The SMILES string of the molecule is CCn1c(=O)c(=O)[nH]c2cc(C(=O)NCc3ccncc3)ccc21. The molecular formula is C17H16N4O3. The summed E-state index contributed by atoms with van der Waals surface area (Å²) < 4.78 is 1.38. The first-order valence-corrected chi connectivity index (χ1v) is 7.54. The molecule has 3 rings (SSSR count). The Morgan fingerprint density at radius 2 is 1.96 bits per heavy atom. The van der Waals surface area contributed by atoms with Gasteiger partial charge in [-0.25, -0.2) is 0 Å². The minimum atomic E-state index is -0.696. The molecule has 0 saturated carbocycles. The maximum atomic E-state index is 12.3. The topological polar surface area (TPSA) is 96.9 Å². The normalized spacial score (nSPS) is 10.7. The molecule has 0 fully saturated rings. The van der Waals surface area contributed by atoms with Gasteiger partial charge in [-0.1, -0.05) is 0 Å². The zero-order valence-corrected chi connectivity index (χ0v) is 13.1. The number of benzene rings is 1. The van der Waals surface area contributed by atoms with Crippen molar-refractivity contribution in [2.24, 2.45) is 0 Å². The number of carbonyl (C=O) groups excluding carboxylic acids is 1. The van der Waals surface area contributed by atoms with Crippen molar-refractivity contribution in [3.63, 3.8) is 0 Å². The Hall–Kier alpha value is -3.22.